The summed E-state index contributed by atoms with van der Waals surface area (Å²) >= 11 is 0. The summed E-state index contributed by atoms with van der Waals surface area (Å²) in [4.78, 5) is 7.15. The van der Waals surface area contributed by atoms with Crippen LogP contribution in [-0.4, -0.2) is 49.3 Å². The molecule has 128 valence electrons. The Morgan fingerprint density at radius 1 is 0.960 bits per heavy atom. The first kappa shape index (κ1) is 16.1. The van der Waals surface area contributed by atoms with Crippen LogP contribution in [0.2, 0.25) is 0 Å². The first-order valence-electron chi connectivity index (χ1n) is 8.78. The maximum absolute atomic E-state index is 5.99. The standard InChI is InChI=1S/C21H22N2O2/c1-2-6-17(7-3-1)21-19-9-5-4-8-18(19)16-20(22-21)25-15-12-23-10-13-24-14-11-23/h1-9,16H,10-15H2. The Morgan fingerprint density at radius 3 is 2.56 bits per heavy atom. The first-order valence-corrected chi connectivity index (χ1v) is 8.78. The lowest BCUT2D eigenvalue weighted by molar-refractivity contribution is 0.0320. The number of hydrogen-bond donors (Lipinski definition) is 0. The van der Waals surface area contributed by atoms with Gasteiger partial charge in [0.25, 0.3) is 0 Å². The van der Waals surface area contributed by atoms with Crippen molar-refractivity contribution in [2.75, 3.05) is 39.5 Å². The topological polar surface area (TPSA) is 34.6 Å². The molecule has 4 heteroatoms. The van der Waals surface area contributed by atoms with Gasteiger partial charge in [-0.15, -0.1) is 0 Å². The molecule has 0 bridgehead atoms. The Labute approximate surface area is 148 Å². The minimum atomic E-state index is 0.638. The summed E-state index contributed by atoms with van der Waals surface area (Å²) in [6, 6.07) is 20.6. The van der Waals surface area contributed by atoms with Crippen LogP contribution >= 0.6 is 0 Å². The summed E-state index contributed by atoms with van der Waals surface area (Å²) in [5, 5.41) is 2.30. The van der Waals surface area contributed by atoms with Gasteiger partial charge in [0.15, 0.2) is 0 Å². The third-order valence-corrected chi connectivity index (χ3v) is 4.53. The van der Waals surface area contributed by atoms with Crippen LogP contribution in [0.1, 0.15) is 0 Å². The van der Waals surface area contributed by atoms with E-state index in [-0.39, 0.29) is 0 Å². The second-order valence-electron chi connectivity index (χ2n) is 6.20. The predicted octanol–water partition coefficient (Wildman–Crippen LogP) is 3.61. The SMILES string of the molecule is c1ccc(-c2nc(OCCN3CCOCC3)cc3ccccc23)cc1. The molecule has 0 amide bonds. The molecule has 0 N–H and O–H groups in total. The smallest absolute Gasteiger partial charge is 0.214 e. The molecule has 2 heterocycles. The number of aromatic nitrogens is 1. The van der Waals surface area contributed by atoms with Crippen LogP contribution in [0, 0.1) is 0 Å². The van der Waals surface area contributed by atoms with E-state index in [0.29, 0.717) is 12.5 Å². The molecule has 0 saturated carbocycles. The third-order valence-electron chi connectivity index (χ3n) is 4.53. The van der Waals surface area contributed by atoms with E-state index in [4.69, 9.17) is 14.5 Å². The van der Waals surface area contributed by atoms with Crippen LogP contribution in [0.4, 0.5) is 0 Å². The van der Waals surface area contributed by atoms with Crippen molar-refractivity contribution >= 4 is 10.8 Å². The van der Waals surface area contributed by atoms with Gasteiger partial charge in [-0.05, 0) is 5.39 Å². The molecule has 4 nitrogen and oxygen atoms in total. The molecular weight excluding hydrogens is 312 g/mol. The monoisotopic (exact) mass is 334 g/mol. The van der Waals surface area contributed by atoms with Gasteiger partial charge in [0.2, 0.25) is 5.88 Å². The Morgan fingerprint density at radius 2 is 1.72 bits per heavy atom. The molecule has 1 aromatic heterocycles. The molecule has 0 spiro atoms. The van der Waals surface area contributed by atoms with E-state index in [2.05, 4.69) is 41.3 Å². The third kappa shape index (κ3) is 3.81. The van der Waals surface area contributed by atoms with Gasteiger partial charge in [0, 0.05) is 36.7 Å². The maximum atomic E-state index is 5.99. The largest absolute Gasteiger partial charge is 0.476 e. The highest BCUT2D eigenvalue weighted by Gasteiger charge is 2.11. The minimum Gasteiger partial charge on any atom is -0.476 e. The van der Waals surface area contributed by atoms with E-state index in [1.807, 2.05) is 24.3 Å². The van der Waals surface area contributed by atoms with Gasteiger partial charge < -0.3 is 9.47 Å². The van der Waals surface area contributed by atoms with Crippen molar-refractivity contribution < 1.29 is 9.47 Å². The fourth-order valence-electron chi connectivity index (χ4n) is 3.17. The summed E-state index contributed by atoms with van der Waals surface area (Å²) in [5.74, 6) is 0.686. The number of nitrogens with zero attached hydrogens (tertiary/aromatic N) is 2. The zero-order valence-corrected chi connectivity index (χ0v) is 14.2. The summed E-state index contributed by atoms with van der Waals surface area (Å²) in [7, 11) is 0. The molecule has 0 radical (unpaired) electrons. The molecule has 1 saturated heterocycles. The molecule has 0 atom stereocenters. The molecule has 1 fully saturated rings. The normalized spacial score (nSPS) is 15.4. The van der Waals surface area contributed by atoms with Crippen LogP contribution < -0.4 is 4.74 Å². The van der Waals surface area contributed by atoms with Crippen LogP contribution in [0.5, 0.6) is 5.88 Å². The van der Waals surface area contributed by atoms with Crippen molar-refractivity contribution in [3.8, 4) is 17.1 Å². The van der Waals surface area contributed by atoms with E-state index < -0.39 is 0 Å². The Kier molecular flexibility index (Phi) is 4.91. The van der Waals surface area contributed by atoms with Crippen LogP contribution in [0.15, 0.2) is 60.7 Å². The van der Waals surface area contributed by atoms with E-state index in [1.54, 1.807) is 0 Å². The number of morpholine rings is 1. The second-order valence-corrected chi connectivity index (χ2v) is 6.20. The number of rotatable bonds is 5. The Bertz CT molecular complexity index is 830. The molecule has 0 aliphatic carbocycles. The minimum absolute atomic E-state index is 0.638. The van der Waals surface area contributed by atoms with E-state index in [0.717, 1.165) is 54.9 Å². The molecule has 1 aliphatic rings. The summed E-state index contributed by atoms with van der Waals surface area (Å²) in [5.41, 5.74) is 2.08. The summed E-state index contributed by atoms with van der Waals surface area (Å²) in [6.45, 7) is 5.12. The predicted molar refractivity (Wildman–Crippen MR) is 99.9 cm³/mol. The molecule has 25 heavy (non-hydrogen) atoms. The van der Waals surface area contributed by atoms with Crippen molar-refractivity contribution in [3.63, 3.8) is 0 Å². The van der Waals surface area contributed by atoms with Crippen LogP contribution in [0.25, 0.3) is 22.0 Å². The maximum Gasteiger partial charge on any atom is 0.214 e. The molecule has 3 aromatic rings. The molecule has 0 unspecified atom stereocenters. The van der Waals surface area contributed by atoms with Gasteiger partial charge in [0.05, 0.1) is 18.9 Å². The average molecular weight is 334 g/mol. The first-order chi connectivity index (χ1) is 12.4. The number of ether oxygens (including phenoxy) is 2. The lowest BCUT2D eigenvalue weighted by atomic mass is 10.0. The number of hydrogen-bond acceptors (Lipinski definition) is 4. The van der Waals surface area contributed by atoms with Gasteiger partial charge in [-0.3, -0.25) is 4.90 Å². The van der Waals surface area contributed by atoms with Crippen molar-refractivity contribution in [1.29, 1.82) is 0 Å². The number of pyridine rings is 1. The highest BCUT2D eigenvalue weighted by atomic mass is 16.5. The lowest BCUT2D eigenvalue weighted by Crippen LogP contribution is -2.38. The van der Waals surface area contributed by atoms with Crippen molar-refractivity contribution in [2.45, 2.75) is 0 Å². The molecular formula is C21H22N2O2. The number of benzene rings is 2. The Hall–Kier alpha value is -2.43. The molecule has 1 aliphatic heterocycles. The Balaban J connectivity index is 1.57. The second kappa shape index (κ2) is 7.64. The van der Waals surface area contributed by atoms with E-state index in [1.165, 1.54) is 0 Å². The van der Waals surface area contributed by atoms with Crippen molar-refractivity contribution in [3.05, 3.63) is 60.7 Å². The zero-order chi connectivity index (χ0) is 16.9. The highest BCUT2D eigenvalue weighted by molar-refractivity contribution is 5.95. The summed E-state index contributed by atoms with van der Waals surface area (Å²) < 4.78 is 11.4. The van der Waals surface area contributed by atoms with Gasteiger partial charge in [0.1, 0.15) is 6.61 Å². The van der Waals surface area contributed by atoms with Gasteiger partial charge in [-0.25, -0.2) is 4.98 Å². The average Bonchev–Trinajstić information content (AvgIpc) is 2.69. The lowest BCUT2D eigenvalue weighted by Gasteiger charge is -2.26. The van der Waals surface area contributed by atoms with Crippen LogP contribution in [-0.2, 0) is 4.74 Å². The van der Waals surface area contributed by atoms with Gasteiger partial charge in [-0.1, -0.05) is 54.6 Å². The van der Waals surface area contributed by atoms with E-state index >= 15 is 0 Å². The fourth-order valence-corrected chi connectivity index (χ4v) is 3.17. The van der Waals surface area contributed by atoms with Gasteiger partial charge in [-0.2, -0.15) is 0 Å². The highest BCUT2D eigenvalue weighted by Crippen LogP contribution is 2.29. The fraction of sp³-hybridized carbons (Fsp3) is 0.286. The quantitative estimate of drug-likeness (QED) is 0.714. The number of fused-ring (bicyclic) bond motifs is 1. The molecule has 4 rings (SSSR count). The van der Waals surface area contributed by atoms with Crippen molar-refractivity contribution in [1.82, 2.24) is 9.88 Å². The summed E-state index contributed by atoms with van der Waals surface area (Å²) in [6.07, 6.45) is 0. The van der Waals surface area contributed by atoms with E-state index in [9.17, 15) is 0 Å². The van der Waals surface area contributed by atoms with Gasteiger partial charge >= 0.3 is 0 Å². The molecule has 2 aromatic carbocycles. The van der Waals surface area contributed by atoms with Crippen molar-refractivity contribution in [2.24, 2.45) is 0 Å². The zero-order valence-electron chi connectivity index (χ0n) is 14.2. The van der Waals surface area contributed by atoms with Crippen LogP contribution in [0.3, 0.4) is 0 Å².